The minimum absolute atomic E-state index is 0.0948. The Labute approximate surface area is 120 Å². The number of methoxy groups -OCH3 is 2. The van der Waals surface area contributed by atoms with Crippen molar-refractivity contribution in [3.05, 3.63) is 28.2 Å². The first kappa shape index (κ1) is 13.7. The van der Waals surface area contributed by atoms with Crippen molar-refractivity contribution in [2.45, 2.75) is 0 Å². The summed E-state index contributed by atoms with van der Waals surface area (Å²) in [7, 11) is 3.01. The molecule has 0 spiro atoms. The van der Waals surface area contributed by atoms with Gasteiger partial charge < -0.3 is 15.2 Å². The molecule has 0 aliphatic rings. The number of halogens is 2. The Morgan fingerprint density at radius 3 is 2.37 bits per heavy atom. The Morgan fingerprint density at radius 1 is 1.00 bits per heavy atom. The monoisotopic (exact) mass is 299 g/mol. The van der Waals surface area contributed by atoms with Crippen LogP contribution in [0.25, 0.3) is 11.3 Å². The molecule has 0 atom stereocenters. The maximum Gasteiger partial charge on any atom is 0.223 e. The highest BCUT2D eigenvalue weighted by Crippen LogP contribution is 2.36. The lowest BCUT2D eigenvalue weighted by Crippen LogP contribution is -1.99. The van der Waals surface area contributed by atoms with Crippen LogP contribution in [-0.4, -0.2) is 24.2 Å². The van der Waals surface area contributed by atoms with E-state index in [1.165, 1.54) is 14.2 Å². The van der Waals surface area contributed by atoms with Crippen LogP contribution in [0, 0.1) is 0 Å². The van der Waals surface area contributed by atoms with E-state index < -0.39 is 0 Å². The third-order valence-electron chi connectivity index (χ3n) is 2.45. The van der Waals surface area contributed by atoms with E-state index in [1.807, 2.05) is 0 Å². The molecule has 7 heteroatoms. The van der Waals surface area contributed by atoms with Crippen LogP contribution in [0.5, 0.6) is 11.6 Å². The van der Waals surface area contributed by atoms with Gasteiger partial charge in [0.1, 0.15) is 5.75 Å². The minimum Gasteiger partial charge on any atom is -0.495 e. The van der Waals surface area contributed by atoms with Gasteiger partial charge in [-0.1, -0.05) is 23.2 Å². The van der Waals surface area contributed by atoms with Gasteiger partial charge in [-0.25, -0.2) is 4.98 Å². The minimum atomic E-state index is 0.0948. The molecule has 0 bridgehead atoms. The van der Waals surface area contributed by atoms with Gasteiger partial charge in [0.2, 0.25) is 11.8 Å². The summed E-state index contributed by atoms with van der Waals surface area (Å²) in [4.78, 5) is 8.02. The molecule has 1 aromatic heterocycles. The van der Waals surface area contributed by atoms with Gasteiger partial charge >= 0.3 is 0 Å². The normalized spacial score (nSPS) is 10.3. The number of aromatic nitrogens is 2. The van der Waals surface area contributed by atoms with E-state index in [-0.39, 0.29) is 5.95 Å². The largest absolute Gasteiger partial charge is 0.495 e. The number of benzene rings is 1. The number of nitrogens with two attached hydrogens (primary N) is 1. The number of hydrogen-bond donors (Lipinski definition) is 1. The zero-order valence-corrected chi connectivity index (χ0v) is 11.8. The molecule has 2 rings (SSSR count). The fraction of sp³-hybridized carbons (Fsp3) is 0.167. The fourth-order valence-corrected chi connectivity index (χ4v) is 2.06. The van der Waals surface area contributed by atoms with Gasteiger partial charge in [-0.2, -0.15) is 4.98 Å². The second-order valence-electron chi connectivity index (χ2n) is 3.62. The molecule has 0 saturated carbocycles. The summed E-state index contributed by atoms with van der Waals surface area (Å²) in [5, 5.41) is 0.874. The molecule has 1 aromatic carbocycles. The first-order valence-electron chi connectivity index (χ1n) is 5.27. The second kappa shape index (κ2) is 5.50. The lowest BCUT2D eigenvalue weighted by Gasteiger charge is -2.09. The molecule has 0 fully saturated rings. The average Bonchev–Trinajstić information content (AvgIpc) is 2.40. The van der Waals surface area contributed by atoms with Crippen LogP contribution in [0.15, 0.2) is 18.2 Å². The molecule has 19 heavy (non-hydrogen) atoms. The molecule has 0 amide bonds. The summed E-state index contributed by atoms with van der Waals surface area (Å²) in [6.45, 7) is 0. The predicted molar refractivity (Wildman–Crippen MR) is 75.0 cm³/mol. The van der Waals surface area contributed by atoms with E-state index in [0.29, 0.717) is 32.9 Å². The van der Waals surface area contributed by atoms with E-state index in [1.54, 1.807) is 18.2 Å². The van der Waals surface area contributed by atoms with E-state index in [4.69, 9.17) is 38.4 Å². The van der Waals surface area contributed by atoms with E-state index in [0.717, 1.165) is 0 Å². The van der Waals surface area contributed by atoms with Crippen LogP contribution in [0.2, 0.25) is 10.0 Å². The van der Waals surface area contributed by atoms with E-state index in [9.17, 15) is 0 Å². The van der Waals surface area contributed by atoms with E-state index >= 15 is 0 Å². The molecular formula is C12H11Cl2N3O2. The Balaban J connectivity index is 2.58. The SMILES string of the molecule is COc1cc(-c2cc(Cl)c(OC)cc2Cl)nc(N)n1. The number of nitrogens with zero attached hydrogens (tertiary/aromatic N) is 2. The third kappa shape index (κ3) is 2.83. The van der Waals surface area contributed by atoms with Gasteiger partial charge in [-0.15, -0.1) is 0 Å². The third-order valence-corrected chi connectivity index (χ3v) is 3.05. The van der Waals surface area contributed by atoms with Crippen LogP contribution in [-0.2, 0) is 0 Å². The Morgan fingerprint density at radius 2 is 1.74 bits per heavy atom. The lowest BCUT2D eigenvalue weighted by atomic mass is 10.1. The average molecular weight is 300 g/mol. The molecule has 0 unspecified atom stereocenters. The van der Waals surface area contributed by atoms with Crippen molar-refractivity contribution in [3.63, 3.8) is 0 Å². The highest BCUT2D eigenvalue weighted by Gasteiger charge is 2.13. The summed E-state index contributed by atoms with van der Waals surface area (Å²) in [6.07, 6.45) is 0. The number of ether oxygens (including phenoxy) is 2. The molecule has 2 aromatic rings. The summed E-state index contributed by atoms with van der Waals surface area (Å²) in [5.74, 6) is 0.937. The maximum atomic E-state index is 6.18. The Kier molecular flexibility index (Phi) is 3.97. The van der Waals surface area contributed by atoms with Crippen molar-refractivity contribution in [2.75, 3.05) is 20.0 Å². The van der Waals surface area contributed by atoms with Gasteiger partial charge in [0, 0.05) is 17.7 Å². The molecule has 0 radical (unpaired) electrons. The number of hydrogen-bond acceptors (Lipinski definition) is 5. The van der Waals surface area contributed by atoms with Crippen molar-refractivity contribution in [1.82, 2.24) is 9.97 Å². The maximum absolute atomic E-state index is 6.18. The molecule has 100 valence electrons. The summed E-state index contributed by atoms with van der Waals surface area (Å²) in [5.41, 5.74) is 6.77. The van der Waals surface area contributed by atoms with Crippen molar-refractivity contribution in [3.8, 4) is 22.9 Å². The smallest absolute Gasteiger partial charge is 0.223 e. The number of anilines is 1. The molecule has 0 aliphatic carbocycles. The molecule has 0 aliphatic heterocycles. The summed E-state index contributed by atoms with van der Waals surface area (Å²) < 4.78 is 10.1. The van der Waals surface area contributed by atoms with Crippen LogP contribution in [0.1, 0.15) is 0 Å². The van der Waals surface area contributed by atoms with E-state index in [2.05, 4.69) is 9.97 Å². The zero-order chi connectivity index (χ0) is 14.0. The first-order chi connectivity index (χ1) is 9.05. The standard InChI is InChI=1S/C12H11Cl2N3O2/c1-18-10-4-7(13)6(3-8(10)14)9-5-11(19-2)17-12(15)16-9/h3-5H,1-2H3,(H2,15,16,17). The van der Waals surface area contributed by atoms with Gasteiger partial charge in [-0.3, -0.25) is 0 Å². The van der Waals surface area contributed by atoms with Gasteiger partial charge in [0.25, 0.3) is 0 Å². The molecule has 5 nitrogen and oxygen atoms in total. The highest BCUT2D eigenvalue weighted by atomic mass is 35.5. The van der Waals surface area contributed by atoms with Crippen molar-refractivity contribution in [1.29, 1.82) is 0 Å². The number of rotatable bonds is 3. The van der Waals surface area contributed by atoms with Crippen molar-refractivity contribution >= 4 is 29.2 Å². The lowest BCUT2D eigenvalue weighted by molar-refractivity contribution is 0.398. The van der Waals surface area contributed by atoms with Crippen LogP contribution >= 0.6 is 23.2 Å². The molecular weight excluding hydrogens is 289 g/mol. The second-order valence-corrected chi connectivity index (χ2v) is 4.43. The highest BCUT2D eigenvalue weighted by molar-refractivity contribution is 6.36. The number of nitrogen functional groups attached to an aromatic ring is 1. The zero-order valence-electron chi connectivity index (χ0n) is 10.3. The summed E-state index contributed by atoms with van der Waals surface area (Å²) >= 11 is 12.3. The van der Waals surface area contributed by atoms with Crippen molar-refractivity contribution in [2.24, 2.45) is 0 Å². The van der Waals surface area contributed by atoms with Gasteiger partial charge in [0.05, 0.1) is 30.0 Å². The van der Waals surface area contributed by atoms with Crippen LogP contribution < -0.4 is 15.2 Å². The van der Waals surface area contributed by atoms with Gasteiger partial charge in [0.15, 0.2) is 0 Å². The van der Waals surface area contributed by atoms with Crippen molar-refractivity contribution < 1.29 is 9.47 Å². The predicted octanol–water partition coefficient (Wildman–Crippen LogP) is 3.05. The molecule has 1 heterocycles. The molecule has 2 N–H and O–H groups in total. The Hall–Kier alpha value is -1.72. The Bertz CT molecular complexity index is 620. The van der Waals surface area contributed by atoms with Crippen LogP contribution in [0.4, 0.5) is 5.95 Å². The molecule has 0 saturated heterocycles. The first-order valence-corrected chi connectivity index (χ1v) is 6.02. The summed E-state index contributed by atoms with van der Waals surface area (Å²) in [6, 6.07) is 4.90. The quantitative estimate of drug-likeness (QED) is 0.943. The fourth-order valence-electron chi connectivity index (χ4n) is 1.57. The van der Waals surface area contributed by atoms with Crippen LogP contribution in [0.3, 0.4) is 0 Å². The topological polar surface area (TPSA) is 70.3 Å². The van der Waals surface area contributed by atoms with Gasteiger partial charge in [-0.05, 0) is 6.07 Å².